The molecule has 3 heteroatoms. The Hall–Kier alpha value is -1.51. The van der Waals surface area contributed by atoms with Crippen molar-refractivity contribution in [3.63, 3.8) is 0 Å². The number of pyridine rings is 1. The molecule has 0 unspecified atom stereocenters. The second-order valence-electron chi connectivity index (χ2n) is 7.33. The second kappa shape index (κ2) is 9.10. The average molecular weight is 328 g/mol. The lowest BCUT2D eigenvalue weighted by atomic mass is 9.95. The van der Waals surface area contributed by atoms with Crippen LogP contribution in [0, 0.1) is 0 Å². The topological polar surface area (TPSA) is 29.3 Å². The number of imidazole rings is 1. The molecule has 1 aliphatic carbocycles. The van der Waals surface area contributed by atoms with Crippen molar-refractivity contribution in [2.75, 3.05) is 5.32 Å². The van der Waals surface area contributed by atoms with Crippen LogP contribution in [0.4, 0.5) is 5.82 Å². The molecule has 3 rings (SSSR count). The second-order valence-corrected chi connectivity index (χ2v) is 7.33. The van der Waals surface area contributed by atoms with Crippen LogP contribution in [0.25, 0.3) is 5.65 Å². The van der Waals surface area contributed by atoms with Gasteiger partial charge in [-0.15, -0.1) is 0 Å². The fraction of sp³-hybridized carbons (Fsp3) is 0.667. The SMILES string of the molecule is CCCCCCCCc1nc2ccccn2c1NC1CCCCC1. The number of aromatic nitrogens is 2. The summed E-state index contributed by atoms with van der Waals surface area (Å²) in [4.78, 5) is 4.91. The van der Waals surface area contributed by atoms with E-state index in [-0.39, 0.29) is 0 Å². The Labute approximate surface area is 146 Å². The van der Waals surface area contributed by atoms with E-state index in [0.717, 1.165) is 12.1 Å². The summed E-state index contributed by atoms with van der Waals surface area (Å²) < 4.78 is 2.25. The molecule has 0 amide bonds. The van der Waals surface area contributed by atoms with Crippen LogP contribution in [0.2, 0.25) is 0 Å². The third-order valence-corrected chi connectivity index (χ3v) is 5.32. The Morgan fingerprint density at radius 3 is 2.67 bits per heavy atom. The minimum atomic E-state index is 0.627. The number of fused-ring (bicyclic) bond motifs is 1. The highest BCUT2D eigenvalue weighted by molar-refractivity contribution is 5.55. The summed E-state index contributed by atoms with van der Waals surface area (Å²) in [5.41, 5.74) is 2.35. The van der Waals surface area contributed by atoms with Gasteiger partial charge in [0.25, 0.3) is 0 Å². The first-order chi connectivity index (χ1) is 11.9. The molecule has 0 radical (unpaired) electrons. The molecule has 1 N–H and O–H groups in total. The summed E-state index contributed by atoms with van der Waals surface area (Å²) in [6.45, 7) is 2.28. The highest BCUT2D eigenvalue weighted by Crippen LogP contribution is 2.26. The van der Waals surface area contributed by atoms with Gasteiger partial charge in [-0.2, -0.15) is 0 Å². The Morgan fingerprint density at radius 2 is 1.83 bits per heavy atom. The van der Waals surface area contributed by atoms with Crippen LogP contribution < -0.4 is 5.32 Å². The summed E-state index contributed by atoms with van der Waals surface area (Å²) in [7, 11) is 0. The van der Waals surface area contributed by atoms with E-state index in [2.05, 4.69) is 41.0 Å². The van der Waals surface area contributed by atoms with Gasteiger partial charge in [-0.3, -0.25) is 4.40 Å². The normalized spacial score (nSPS) is 15.9. The predicted molar refractivity (Wildman–Crippen MR) is 103 cm³/mol. The zero-order chi connectivity index (χ0) is 16.6. The number of unbranched alkanes of at least 4 members (excludes halogenated alkanes) is 5. The van der Waals surface area contributed by atoms with Gasteiger partial charge in [-0.05, 0) is 37.8 Å². The Balaban J connectivity index is 1.65. The maximum Gasteiger partial charge on any atom is 0.138 e. The lowest BCUT2D eigenvalue weighted by molar-refractivity contribution is 0.461. The minimum absolute atomic E-state index is 0.627. The van der Waals surface area contributed by atoms with E-state index in [4.69, 9.17) is 4.98 Å². The van der Waals surface area contributed by atoms with Crippen molar-refractivity contribution in [2.24, 2.45) is 0 Å². The quantitative estimate of drug-likeness (QED) is 0.574. The molecule has 1 aliphatic rings. The van der Waals surface area contributed by atoms with Crippen LogP contribution in [-0.4, -0.2) is 15.4 Å². The van der Waals surface area contributed by atoms with Gasteiger partial charge < -0.3 is 5.32 Å². The van der Waals surface area contributed by atoms with Crippen molar-refractivity contribution in [1.82, 2.24) is 9.38 Å². The van der Waals surface area contributed by atoms with E-state index in [1.807, 2.05) is 0 Å². The standard InChI is InChI=1S/C21H33N3/c1-2-3-4-5-6-10-15-19-21(22-18-13-8-7-9-14-18)24-17-12-11-16-20(24)23-19/h11-12,16-18,22H,2-10,13-15H2,1H3. The van der Waals surface area contributed by atoms with Crippen LogP contribution in [0.1, 0.15) is 83.2 Å². The number of nitrogens with one attached hydrogen (secondary N) is 1. The Bertz CT molecular complexity index is 611. The molecule has 0 saturated heterocycles. The van der Waals surface area contributed by atoms with E-state index in [1.54, 1.807) is 0 Å². The number of hydrogen-bond donors (Lipinski definition) is 1. The molecule has 3 nitrogen and oxygen atoms in total. The molecule has 0 aromatic carbocycles. The van der Waals surface area contributed by atoms with Gasteiger partial charge in [-0.25, -0.2) is 4.98 Å². The van der Waals surface area contributed by atoms with Crippen molar-refractivity contribution in [3.05, 3.63) is 30.1 Å². The number of hydrogen-bond acceptors (Lipinski definition) is 2. The molecule has 132 valence electrons. The third-order valence-electron chi connectivity index (χ3n) is 5.32. The molecule has 1 saturated carbocycles. The maximum absolute atomic E-state index is 4.91. The number of rotatable bonds is 9. The highest BCUT2D eigenvalue weighted by Gasteiger charge is 2.18. The third kappa shape index (κ3) is 4.52. The highest BCUT2D eigenvalue weighted by atomic mass is 15.1. The molecule has 0 aliphatic heterocycles. The fourth-order valence-electron chi connectivity index (χ4n) is 3.88. The lowest BCUT2D eigenvalue weighted by Gasteiger charge is -2.24. The minimum Gasteiger partial charge on any atom is -0.367 e. The molecule has 0 bridgehead atoms. The van der Waals surface area contributed by atoms with E-state index in [1.165, 1.54) is 82.1 Å². The van der Waals surface area contributed by atoms with Crippen LogP contribution in [0.3, 0.4) is 0 Å². The first kappa shape index (κ1) is 17.3. The van der Waals surface area contributed by atoms with Gasteiger partial charge in [0.1, 0.15) is 11.5 Å². The van der Waals surface area contributed by atoms with Crippen molar-refractivity contribution < 1.29 is 0 Å². The van der Waals surface area contributed by atoms with E-state index in [0.29, 0.717) is 6.04 Å². The Morgan fingerprint density at radius 1 is 1.04 bits per heavy atom. The van der Waals surface area contributed by atoms with Crippen LogP contribution in [-0.2, 0) is 6.42 Å². The smallest absolute Gasteiger partial charge is 0.138 e. The summed E-state index contributed by atoms with van der Waals surface area (Å²) in [5, 5.41) is 3.83. The maximum atomic E-state index is 4.91. The molecule has 2 heterocycles. The molecular weight excluding hydrogens is 294 g/mol. The summed E-state index contributed by atoms with van der Waals surface area (Å²) in [5.74, 6) is 1.26. The summed E-state index contributed by atoms with van der Waals surface area (Å²) in [6.07, 6.45) is 18.0. The number of anilines is 1. The molecule has 1 fully saturated rings. The van der Waals surface area contributed by atoms with E-state index in [9.17, 15) is 0 Å². The molecule has 0 atom stereocenters. The fourth-order valence-corrected chi connectivity index (χ4v) is 3.88. The largest absolute Gasteiger partial charge is 0.367 e. The summed E-state index contributed by atoms with van der Waals surface area (Å²) >= 11 is 0. The zero-order valence-electron chi connectivity index (χ0n) is 15.3. The molecule has 0 spiro atoms. The Kier molecular flexibility index (Phi) is 6.57. The van der Waals surface area contributed by atoms with Gasteiger partial charge in [0.2, 0.25) is 0 Å². The van der Waals surface area contributed by atoms with Crippen molar-refractivity contribution >= 4 is 11.5 Å². The van der Waals surface area contributed by atoms with Gasteiger partial charge in [-0.1, -0.05) is 64.4 Å². The first-order valence-electron chi connectivity index (χ1n) is 10.1. The van der Waals surface area contributed by atoms with Crippen LogP contribution in [0.15, 0.2) is 24.4 Å². The zero-order valence-corrected chi connectivity index (χ0v) is 15.3. The van der Waals surface area contributed by atoms with Crippen LogP contribution >= 0.6 is 0 Å². The molecule has 2 aromatic rings. The number of nitrogens with zero attached hydrogens (tertiary/aromatic N) is 2. The lowest BCUT2D eigenvalue weighted by Crippen LogP contribution is -2.23. The van der Waals surface area contributed by atoms with Gasteiger partial charge >= 0.3 is 0 Å². The van der Waals surface area contributed by atoms with Crippen molar-refractivity contribution in [2.45, 2.75) is 90.0 Å². The van der Waals surface area contributed by atoms with Gasteiger partial charge in [0.05, 0.1) is 5.69 Å². The van der Waals surface area contributed by atoms with Gasteiger partial charge in [0.15, 0.2) is 0 Å². The summed E-state index contributed by atoms with van der Waals surface area (Å²) in [6, 6.07) is 6.94. The number of aryl methyl sites for hydroxylation is 1. The van der Waals surface area contributed by atoms with Crippen LogP contribution in [0.5, 0.6) is 0 Å². The monoisotopic (exact) mass is 327 g/mol. The predicted octanol–water partition coefficient (Wildman–Crippen LogP) is 5.98. The molecule has 24 heavy (non-hydrogen) atoms. The van der Waals surface area contributed by atoms with E-state index < -0.39 is 0 Å². The first-order valence-corrected chi connectivity index (χ1v) is 10.1. The van der Waals surface area contributed by atoms with Crippen molar-refractivity contribution in [1.29, 1.82) is 0 Å². The van der Waals surface area contributed by atoms with Crippen molar-refractivity contribution in [3.8, 4) is 0 Å². The molecule has 2 aromatic heterocycles. The average Bonchev–Trinajstić information content (AvgIpc) is 2.97. The van der Waals surface area contributed by atoms with E-state index >= 15 is 0 Å². The van der Waals surface area contributed by atoms with Gasteiger partial charge in [0, 0.05) is 12.2 Å². The molecular formula is C21H33N3.